The van der Waals surface area contributed by atoms with Gasteiger partial charge in [-0.25, -0.2) is 18.7 Å². The minimum atomic E-state index is -0.291. The van der Waals surface area contributed by atoms with Gasteiger partial charge in [-0.05, 0) is 61.9 Å². The van der Waals surface area contributed by atoms with E-state index < -0.39 is 0 Å². The van der Waals surface area contributed by atoms with Crippen LogP contribution in [0.1, 0.15) is 12.5 Å². The van der Waals surface area contributed by atoms with E-state index in [1.807, 2.05) is 23.6 Å². The van der Waals surface area contributed by atoms with E-state index in [1.165, 1.54) is 24.3 Å². The Kier molecular flexibility index (Phi) is 3.60. The number of benzene rings is 2. The third-order valence-corrected chi connectivity index (χ3v) is 4.39. The maximum absolute atomic E-state index is 13.5. The highest BCUT2D eigenvalue weighted by atomic mass is 19.1. The molecule has 3 aromatic rings. The molecule has 1 unspecified atom stereocenters. The zero-order chi connectivity index (χ0) is 17.6. The zero-order valence-electron chi connectivity index (χ0n) is 13.8. The molecule has 0 spiro atoms. The van der Waals surface area contributed by atoms with Crippen LogP contribution in [0, 0.1) is 18.6 Å². The lowest BCUT2D eigenvalue weighted by Gasteiger charge is -2.30. The van der Waals surface area contributed by atoms with Gasteiger partial charge in [0, 0.05) is 23.8 Å². The average Bonchev–Trinajstić information content (AvgIpc) is 2.88. The number of hydrogen-bond donors (Lipinski definition) is 0. The predicted octanol–water partition coefficient (Wildman–Crippen LogP) is 4.70. The van der Waals surface area contributed by atoms with Crippen LogP contribution in [0.3, 0.4) is 0 Å². The first-order valence-corrected chi connectivity index (χ1v) is 7.97. The fourth-order valence-corrected chi connectivity index (χ4v) is 3.28. The van der Waals surface area contributed by atoms with E-state index in [2.05, 4.69) is 9.97 Å². The molecule has 0 saturated carbocycles. The number of halogens is 2. The molecule has 1 aliphatic rings. The van der Waals surface area contributed by atoms with E-state index >= 15 is 0 Å². The maximum atomic E-state index is 13.5. The van der Waals surface area contributed by atoms with Crippen LogP contribution in [-0.4, -0.2) is 16.1 Å². The third kappa shape index (κ3) is 2.50. The summed E-state index contributed by atoms with van der Waals surface area (Å²) < 4.78 is 26.8. The summed E-state index contributed by atoms with van der Waals surface area (Å²) in [4.78, 5) is 13.0. The highest BCUT2D eigenvalue weighted by Crippen LogP contribution is 2.45. The molecule has 6 heteroatoms. The minimum absolute atomic E-state index is 0.146. The van der Waals surface area contributed by atoms with E-state index in [0.717, 1.165) is 16.9 Å². The molecule has 126 valence electrons. The van der Waals surface area contributed by atoms with Gasteiger partial charge in [-0.2, -0.15) is 0 Å². The normalized spacial score (nSPS) is 16.2. The number of anilines is 4. The molecule has 0 aliphatic carbocycles. The summed E-state index contributed by atoms with van der Waals surface area (Å²) in [5.41, 5.74) is 2.49. The summed E-state index contributed by atoms with van der Waals surface area (Å²) in [5, 5.41) is 0. The Morgan fingerprint density at radius 3 is 2.08 bits per heavy atom. The van der Waals surface area contributed by atoms with Gasteiger partial charge < -0.3 is 9.80 Å². The summed E-state index contributed by atoms with van der Waals surface area (Å²) in [6.07, 6.45) is 3.11. The Bertz CT molecular complexity index is 927. The van der Waals surface area contributed by atoms with Crippen LogP contribution in [0.25, 0.3) is 0 Å². The van der Waals surface area contributed by atoms with Crippen LogP contribution in [0.4, 0.5) is 31.8 Å². The van der Waals surface area contributed by atoms with Crippen molar-refractivity contribution in [3.63, 3.8) is 0 Å². The summed E-state index contributed by atoms with van der Waals surface area (Å²) in [6.45, 7) is 3.87. The summed E-state index contributed by atoms with van der Waals surface area (Å²) in [5.74, 6) is 0.809. The molecular formula is C19H16F2N4. The largest absolute Gasteiger partial charge is 0.302 e. The zero-order valence-corrected chi connectivity index (χ0v) is 13.8. The van der Waals surface area contributed by atoms with E-state index in [0.29, 0.717) is 11.6 Å². The van der Waals surface area contributed by atoms with Crippen molar-refractivity contribution >= 4 is 23.0 Å². The minimum Gasteiger partial charge on any atom is -0.302 e. The lowest BCUT2D eigenvalue weighted by atomic mass is 10.1. The van der Waals surface area contributed by atoms with Gasteiger partial charge in [0.1, 0.15) is 17.8 Å². The van der Waals surface area contributed by atoms with Crippen molar-refractivity contribution in [2.75, 3.05) is 9.80 Å². The summed E-state index contributed by atoms with van der Waals surface area (Å²) in [6, 6.07) is 10.9. The molecule has 0 radical (unpaired) electrons. The molecule has 2 heterocycles. The highest BCUT2D eigenvalue weighted by Gasteiger charge is 2.37. The number of hydrogen-bond acceptors (Lipinski definition) is 4. The number of nitrogens with zero attached hydrogens (tertiary/aromatic N) is 4. The van der Waals surface area contributed by atoms with E-state index in [4.69, 9.17) is 0 Å². The molecule has 0 saturated heterocycles. The first-order valence-electron chi connectivity index (χ1n) is 7.97. The molecule has 0 N–H and O–H groups in total. The summed E-state index contributed by atoms with van der Waals surface area (Å²) >= 11 is 0. The fraction of sp³-hybridized carbons (Fsp3) is 0.158. The van der Waals surface area contributed by atoms with E-state index in [9.17, 15) is 8.78 Å². The number of rotatable bonds is 2. The van der Waals surface area contributed by atoms with Crippen LogP contribution in [0.2, 0.25) is 0 Å². The first kappa shape index (κ1) is 15.5. The van der Waals surface area contributed by atoms with Gasteiger partial charge in [0.05, 0.1) is 0 Å². The standard InChI is InChI=1S/C19H16F2N4/c1-12-11-15(21)5-8-17(12)25-13(2)24(16-6-3-14(20)4-7-16)18-19(25)23-10-9-22-18/h3-11,13H,1-2H3. The second-order valence-electron chi connectivity index (χ2n) is 5.98. The van der Waals surface area contributed by atoms with Crippen molar-refractivity contribution in [3.05, 3.63) is 72.1 Å². The molecule has 1 aromatic heterocycles. The average molecular weight is 338 g/mol. The number of aromatic nitrogens is 2. The smallest absolute Gasteiger partial charge is 0.178 e. The van der Waals surface area contributed by atoms with Crippen LogP contribution in [0.15, 0.2) is 54.9 Å². The Labute approximate surface area is 144 Å². The van der Waals surface area contributed by atoms with Crippen molar-refractivity contribution in [3.8, 4) is 0 Å². The molecule has 0 fully saturated rings. The van der Waals surface area contributed by atoms with Crippen molar-refractivity contribution < 1.29 is 8.78 Å². The Hall–Kier alpha value is -3.02. The molecule has 0 bridgehead atoms. The van der Waals surface area contributed by atoms with Gasteiger partial charge in [0.25, 0.3) is 0 Å². The predicted molar refractivity (Wildman–Crippen MR) is 93.3 cm³/mol. The second kappa shape index (κ2) is 5.81. The Morgan fingerprint density at radius 2 is 1.44 bits per heavy atom. The quantitative estimate of drug-likeness (QED) is 0.678. The van der Waals surface area contributed by atoms with Gasteiger partial charge in [-0.3, -0.25) is 0 Å². The highest BCUT2D eigenvalue weighted by molar-refractivity contribution is 5.83. The lowest BCUT2D eigenvalue weighted by Crippen LogP contribution is -2.36. The first-order chi connectivity index (χ1) is 12.1. The number of fused-ring (bicyclic) bond motifs is 1. The summed E-state index contributed by atoms with van der Waals surface area (Å²) in [7, 11) is 0. The Morgan fingerprint density at radius 1 is 0.840 bits per heavy atom. The monoisotopic (exact) mass is 338 g/mol. The van der Waals surface area contributed by atoms with E-state index in [1.54, 1.807) is 30.6 Å². The topological polar surface area (TPSA) is 32.3 Å². The van der Waals surface area contributed by atoms with Gasteiger partial charge in [0.15, 0.2) is 11.6 Å². The molecule has 1 aliphatic heterocycles. The molecular weight excluding hydrogens is 322 g/mol. The van der Waals surface area contributed by atoms with Crippen LogP contribution in [0.5, 0.6) is 0 Å². The molecule has 0 amide bonds. The van der Waals surface area contributed by atoms with Crippen molar-refractivity contribution in [1.29, 1.82) is 0 Å². The van der Waals surface area contributed by atoms with E-state index in [-0.39, 0.29) is 17.8 Å². The molecule has 25 heavy (non-hydrogen) atoms. The molecule has 4 nitrogen and oxygen atoms in total. The van der Waals surface area contributed by atoms with Crippen LogP contribution < -0.4 is 9.80 Å². The van der Waals surface area contributed by atoms with Gasteiger partial charge in [-0.15, -0.1) is 0 Å². The van der Waals surface area contributed by atoms with Gasteiger partial charge in [0.2, 0.25) is 0 Å². The SMILES string of the molecule is Cc1cc(F)ccc1N1c2nccnc2N(c2ccc(F)cc2)C1C. The van der Waals surface area contributed by atoms with Crippen molar-refractivity contribution in [1.82, 2.24) is 9.97 Å². The van der Waals surface area contributed by atoms with Crippen molar-refractivity contribution in [2.24, 2.45) is 0 Å². The fourth-order valence-electron chi connectivity index (χ4n) is 3.28. The Balaban J connectivity index is 1.86. The van der Waals surface area contributed by atoms with Crippen molar-refractivity contribution in [2.45, 2.75) is 20.0 Å². The van der Waals surface area contributed by atoms with Gasteiger partial charge in [-0.1, -0.05) is 0 Å². The molecule has 4 rings (SSSR count). The van der Waals surface area contributed by atoms with Crippen LogP contribution >= 0.6 is 0 Å². The molecule has 2 aromatic carbocycles. The van der Waals surface area contributed by atoms with Gasteiger partial charge >= 0.3 is 0 Å². The third-order valence-electron chi connectivity index (χ3n) is 4.39. The second-order valence-corrected chi connectivity index (χ2v) is 5.98. The maximum Gasteiger partial charge on any atom is 0.178 e. The number of aryl methyl sites for hydroxylation is 1. The molecule has 1 atom stereocenters. The van der Waals surface area contributed by atoms with Crippen LogP contribution in [-0.2, 0) is 0 Å². The lowest BCUT2D eigenvalue weighted by molar-refractivity contribution is 0.626.